The molecule has 0 spiro atoms. The summed E-state index contributed by atoms with van der Waals surface area (Å²) >= 11 is 10.2. The highest BCUT2D eigenvalue weighted by atomic mass is 35.5. The Balaban J connectivity index is 1.84. The van der Waals surface area contributed by atoms with Crippen molar-refractivity contribution in [2.75, 3.05) is 18.8 Å². The number of piperidine rings is 1. The number of benzene rings is 1. The Labute approximate surface area is 124 Å². The number of hydrogen-bond donors (Lipinski definition) is 1. The highest BCUT2D eigenvalue weighted by Gasteiger charge is 2.23. The van der Waals surface area contributed by atoms with Crippen molar-refractivity contribution in [3.63, 3.8) is 0 Å². The number of carbonyl (C=O) groups excluding carboxylic acids is 1. The van der Waals surface area contributed by atoms with Crippen molar-refractivity contribution in [2.45, 2.75) is 25.4 Å². The Morgan fingerprint density at radius 1 is 1.37 bits per heavy atom. The average molecular weight is 300 g/mol. The molecule has 1 saturated heterocycles. The molecule has 0 N–H and O–H groups in total. The lowest BCUT2D eigenvalue weighted by atomic mass is 10.1. The van der Waals surface area contributed by atoms with E-state index in [-0.39, 0.29) is 12.0 Å². The van der Waals surface area contributed by atoms with E-state index in [1.54, 1.807) is 0 Å². The zero-order chi connectivity index (χ0) is 13.7. The highest BCUT2D eigenvalue weighted by Crippen LogP contribution is 2.26. The van der Waals surface area contributed by atoms with Crippen LogP contribution in [0.4, 0.5) is 0 Å². The molecule has 104 valence electrons. The number of hydrogen-bond acceptors (Lipinski definition) is 3. The minimum atomic E-state index is 0.139. The summed E-state index contributed by atoms with van der Waals surface area (Å²) in [5, 5.41) is 0.635. The second-order valence-electron chi connectivity index (χ2n) is 4.60. The third-order valence-electron chi connectivity index (χ3n) is 3.25. The van der Waals surface area contributed by atoms with E-state index < -0.39 is 0 Å². The lowest BCUT2D eigenvalue weighted by Crippen LogP contribution is -2.41. The van der Waals surface area contributed by atoms with Crippen molar-refractivity contribution in [3.8, 4) is 5.75 Å². The molecule has 0 radical (unpaired) electrons. The largest absolute Gasteiger partial charge is 0.489 e. The quantitative estimate of drug-likeness (QED) is 0.866. The van der Waals surface area contributed by atoms with Gasteiger partial charge < -0.3 is 9.64 Å². The zero-order valence-electron chi connectivity index (χ0n) is 10.7. The summed E-state index contributed by atoms with van der Waals surface area (Å²) in [5.74, 6) is 1.52. The fourth-order valence-electron chi connectivity index (χ4n) is 2.20. The van der Waals surface area contributed by atoms with E-state index in [4.69, 9.17) is 16.3 Å². The first kappa shape index (κ1) is 14.5. The van der Waals surface area contributed by atoms with Gasteiger partial charge in [-0.15, -0.1) is 0 Å². The van der Waals surface area contributed by atoms with Crippen LogP contribution in [-0.4, -0.2) is 35.8 Å². The molecule has 0 aliphatic carbocycles. The smallest absolute Gasteiger partial charge is 0.223 e. The van der Waals surface area contributed by atoms with Crippen LogP contribution in [0, 0.1) is 0 Å². The van der Waals surface area contributed by atoms with Gasteiger partial charge in [-0.3, -0.25) is 4.79 Å². The third kappa shape index (κ3) is 4.05. The van der Waals surface area contributed by atoms with Gasteiger partial charge in [-0.1, -0.05) is 23.7 Å². The van der Waals surface area contributed by atoms with E-state index in [1.807, 2.05) is 29.2 Å². The van der Waals surface area contributed by atoms with E-state index in [0.717, 1.165) is 31.7 Å². The van der Waals surface area contributed by atoms with E-state index in [0.29, 0.717) is 17.2 Å². The summed E-state index contributed by atoms with van der Waals surface area (Å²) < 4.78 is 5.89. The Bertz CT molecular complexity index is 433. The predicted octanol–water partition coefficient (Wildman–Crippen LogP) is 3.03. The third-order valence-corrected chi connectivity index (χ3v) is 3.79. The monoisotopic (exact) mass is 299 g/mol. The van der Waals surface area contributed by atoms with E-state index in [2.05, 4.69) is 12.6 Å². The van der Waals surface area contributed by atoms with Crippen LogP contribution in [0.1, 0.15) is 19.3 Å². The molecule has 0 bridgehead atoms. The molecule has 1 heterocycles. The first-order valence-corrected chi connectivity index (χ1v) is 7.51. The van der Waals surface area contributed by atoms with Crippen LogP contribution < -0.4 is 4.74 Å². The van der Waals surface area contributed by atoms with Crippen LogP contribution in [0.5, 0.6) is 5.75 Å². The lowest BCUT2D eigenvalue weighted by molar-refractivity contribution is -0.132. The normalized spacial score (nSPS) is 16.4. The summed E-state index contributed by atoms with van der Waals surface area (Å²) in [7, 11) is 0. The fourth-order valence-corrected chi connectivity index (χ4v) is 2.57. The van der Waals surface area contributed by atoms with Gasteiger partial charge in [0, 0.05) is 32.4 Å². The zero-order valence-corrected chi connectivity index (χ0v) is 12.4. The molecule has 1 aromatic rings. The summed E-state index contributed by atoms with van der Waals surface area (Å²) in [5.41, 5.74) is 0. The number of ether oxygens (including phenoxy) is 1. The van der Waals surface area contributed by atoms with Gasteiger partial charge in [0.05, 0.1) is 5.02 Å². The number of halogens is 1. The van der Waals surface area contributed by atoms with Gasteiger partial charge in [0.25, 0.3) is 0 Å². The summed E-state index contributed by atoms with van der Waals surface area (Å²) in [6.07, 6.45) is 2.35. The number of carbonyl (C=O) groups is 1. The summed E-state index contributed by atoms with van der Waals surface area (Å²) in [6.45, 7) is 1.50. The summed E-state index contributed by atoms with van der Waals surface area (Å²) in [4.78, 5) is 13.6. The van der Waals surface area contributed by atoms with E-state index in [9.17, 15) is 4.79 Å². The topological polar surface area (TPSA) is 29.5 Å². The lowest BCUT2D eigenvalue weighted by Gasteiger charge is -2.32. The maximum absolute atomic E-state index is 11.7. The van der Waals surface area contributed by atoms with Crippen molar-refractivity contribution in [1.29, 1.82) is 0 Å². The van der Waals surface area contributed by atoms with Crippen molar-refractivity contribution in [2.24, 2.45) is 0 Å². The maximum Gasteiger partial charge on any atom is 0.223 e. The minimum absolute atomic E-state index is 0.139. The van der Waals surface area contributed by atoms with Gasteiger partial charge >= 0.3 is 0 Å². The van der Waals surface area contributed by atoms with Gasteiger partial charge in [-0.2, -0.15) is 12.6 Å². The van der Waals surface area contributed by atoms with Gasteiger partial charge in [-0.25, -0.2) is 0 Å². The molecule has 0 atom stereocenters. The van der Waals surface area contributed by atoms with Crippen LogP contribution in [0.3, 0.4) is 0 Å². The number of rotatable bonds is 4. The Morgan fingerprint density at radius 2 is 2.05 bits per heavy atom. The molecule has 5 heteroatoms. The van der Waals surface area contributed by atoms with Crippen molar-refractivity contribution in [3.05, 3.63) is 29.3 Å². The first-order chi connectivity index (χ1) is 9.20. The Kier molecular flexibility index (Phi) is 5.40. The second kappa shape index (κ2) is 7.06. The van der Waals surface area contributed by atoms with Crippen LogP contribution in [0.25, 0.3) is 0 Å². The number of likely N-dealkylation sites (tertiary alicyclic amines) is 1. The molecular weight excluding hydrogens is 282 g/mol. The molecule has 1 aliphatic rings. The molecule has 0 saturated carbocycles. The summed E-state index contributed by atoms with van der Waals surface area (Å²) in [6, 6.07) is 7.49. The molecule has 2 rings (SSSR count). The Morgan fingerprint density at radius 3 is 2.68 bits per heavy atom. The number of thiol groups is 1. The molecule has 0 aromatic heterocycles. The first-order valence-electron chi connectivity index (χ1n) is 6.50. The van der Waals surface area contributed by atoms with Crippen LogP contribution in [0.2, 0.25) is 5.02 Å². The van der Waals surface area contributed by atoms with E-state index in [1.165, 1.54) is 0 Å². The molecule has 1 aliphatic heterocycles. The number of para-hydroxylation sites is 1. The molecule has 0 unspecified atom stereocenters. The molecule has 19 heavy (non-hydrogen) atoms. The van der Waals surface area contributed by atoms with Gasteiger partial charge in [0.2, 0.25) is 5.91 Å². The standard InChI is InChI=1S/C14H18ClNO2S/c15-12-3-1-2-4-13(12)18-11-5-8-16(9-6-11)14(17)7-10-19/h1-4,11,19H,5-10H2. The van der Waals surface area contributed by atoms with Crippen molar-refractivity contribution < 1.29 is 9.53 Å². The SMILES string of the molecule is O=C(CCS)N1CCC(Oc2ccccc2Cl)CC1. The maximum atomic E-state index is 11.7. The molecule has 1 aromatic carbocycles. The number of nitrogens with zero attached hydrogens (tertiary/aromatic N) is 1. The fraction of sp³-hybridized carbons (Fsp3) is 0.500. The van der Waals surface area contributed by atoms with Crippen LogP contribution >= 0.6 is 24.2 Å². The van der Waals surface area contributed by atoms with Crippen molar-refractivity contribution in [1.82, 2.24) is 4.90 Å². The molecule has 3 nitrogen and oxygen atoms in total. The van der Waals surface area contributed by atoms with Crippen molar-refractivity contribution >= 4 is 30.1 Å². The number of amides is 1. The second-order valence-corrected chi connectivity index (χ2v) is 5.46. The van der Waals surface area contributed by atoms with Gasteiger partial charge in [-0.05, 0) is 17.9 Å². The van der Waals surface area contributed by atoms with E-state index >= 15 is 0 Å². The predicted molar refractivity (Wildman–Crippen MR) is 80.2 cm³/mol. The van der Waals surface area contributed by atoms with Gasteiger partial charge in [0.1, 0.15) is 11.9 Å². The minimum Gasteiger partial charge on any atom is -0.489 e. The highest BCUT2D eigenvalue weighted by molar-refractivity contribution is 7.80. The van der Waals surface area contributed by atoms with Gasteiger partial charge in [0.15, 0.2) is 0 Å². The van der Waals surface area contributed by atoms with Crippen LogP contribution in [-0.2, 0) is 4.79 Å². The average Bonchev–Trinajstić information content (AvgIpc) is 2.42. The molecule has 1 fully saturated rings. The molecular formula is C14H18ClNO2S. The Hall–Kier alpha value is -0.870. The molecule has 1 amide bonds. The van der Waals surface area contributed by atoms with Crippen LogP contribution in [0.15, 0.2) is 24.3 Å².